The Balaban J connectivity index is 1.81. The van der Waals surface area contributed by atoms with Crippen molar-refractivity contribution in [2.75, 3.05) is 6.54 Å². The van der Waals surface area contributed by atoms with E-state index in [1.54, 1.807) is 16.2 Å². The van der Waals surface area contributed by atoms with E-state index < -0.39 is 5.54 Å². The number of rotatable bonds is 2. The predicted molar refractivity (Wildman–Crippen MR) is 69.1 cm³/mol. The van der Waals surface area contributed by atoms with Crippen LogP contribution in [0.3, 0.4) is 0 Å². The van der Waals surface area contributed by atoms with Gasteiger partial charge in [-0.1, -0.05) is 12.8 Å². The van der Waals surface area contributed by atoms with Crippen molar-refractivity contribution in [3.8, 4) is 0 Å². The Bertz CT molecular complexity index is 463. The molecule has 2 heterocycles. The molecule has 1 spiro atoms. The van der Waals surface area contributed by atoms with Gasteiger partial charge in [0.25, 0.3) is 0 Å². The average Bonchev–Trinajstić information content (AvgIpc) is 2.97. The third kappa shape index (κ3) is 1.92. The first-order chi connectivity index (χ1) is 8.70. The van der Waals surface area contributed by atoms with Crippen LogP contribution in [0.4, 0.5) is 0 Å². The van der Waals surface area contributed by atoms with Crippen molar-refractivity contribution in [1.82, 2.24) is 10.2 Å². The molecular formula is C13H16N2O2S. The quantitative estimate of drug-likeness (QED) is 0.880. The number of nitrogens with zero attached hydrogens (tertiary/aromatic N) is 1. The first-order valence-corrected chi connectivity index (χ1v) is 7.25. The second-order valence-corrected chi connectivity index (χ2v) is 5.91. The van der Waals surface area contributed by atoms with Crippen LogP contribution in [0, 0.1) is 0 Å². The zero-order chi connectivity index (χ0) is 12.6. The second-order valence-electron chi connectivity index (χ2n) is 5.13. The van der Waals surface area contributed by atoms with Gasteiger partial charge in [0.15, 0.2) is 0 Å². The Morgan fingerprint density at radius 3 is 2.78 bits per heavy atom. The SMILES string of the molecule is O=C1CN(Cc2ccsc2)C(=O)C2(CCCC2)N1. The standard InChI is InChI=1S/C13H16N2O2S/c16-11-8-15(7-10-3-6-18-9-10)12(17)13(14-11)4-1-2-5-13/h3,6,9H,1-2,4-5,7-8H2,(H,14,16). The van der Waals surface area contributed by atoms with Gasteiger partial charge in [-0.3, -0.25) is 9.59 Å². The van der Waals surface area contributed by atoms with E-state index in [-0.39, 0.29) is 18.4 Å². The van der Waals surface area contributed by atoms with Crippen LogP contribution in [0.25, 0.3) is 0 Å². The smallest absolute Gasteiger partial charge is 0.249 e. The zero-order valence-corrected chi connectivity index (χ0v) is 11.0. The highest BCUT2D eigenvalue weighted by Crippen LogP contribution is 2.33. The summed E-state index contributed by atoms with van der Waals surface area (Å²) in [6.45, 7) is 0.744. The summed E-state index contributed by atoms with van der Waals surface area (Å²) in [5, 5.41) is 6.95. The minimum atomic E-state index is -0.592. The van der Waals surface area contributed by atoms with Crippen molar-refractivity contribution in [2.24, 2.45) is 0 Å². The number of piperazine rings is 1. The van der Waals surface area contributed by atoms with Gasteiger partial charge in [-0.2, -0.15) is 11.3 Å². The fraction of sp³-hybridized carbons (Fsp3) is 0.538. The summed E-state index contributed by atoms with van der Waals surface area (Å²) >= 11 is 1.62. The van der Waals surface area contributed by atoms with Crippen molar-refractivity contribution < 1.29 is 9.59 Å². The highest BCUT2D eigenvalue weighted by Gasteiger charge is 2.48. The molecule has 96 valence electrons. The molecule has 0 unspecified atom stereocenters. The number of carbonyl (C=O) groups excluding carboxylic acids is 2. The summed E-state index contributed by atoms with van der Waals surface area (Å²) in [4.78, 5) is 26.0. The molecule has 0 radical (unpaired) electrons. The number of hydrogen-bond acceptors (Lipinski definition) is 3. The first-order valence-electron chi connectivity index (χ1n) is 6.31. The Kier molecular flexibility index (Phi) is 2.86. The van der Waals surface area contributed by atoms with Gasteiger partial charge in [0, 0.05) is 6.54 Å². The Morgan fingerprint density at radius 1 is 1.33 bits per heavy atom. The molecule has 2 amide bonds. The minimum Gasteiger partial charge on any atom is -0.340 e. The number of nitrogens with one attached hydrogen (secondary N) is 1. The minimum absolute atomic E-state index is 0.0215. The molecule has 2 aliphatic rings. The zero-order valence-electron chi connectivity index (χ0n) is 10.1. The molecule has 3 rings (SSSR count). The van der Waals surface area contributed by atoms with Crippen LogP contribution < -0.4 is 5.32 Å². The van der Waals surface area contributed by atoms with E-state index in [2.05, 4.69) is 5.32 Å². The predicted octanol–water partition coefficient (Wildman–Crippen LogP) is 1.52. The van der Waals surface area contributed by atoms with Crippen molar-refractivity contribution in [3.05, 3.63) is 22.4 Å². The monoisotopic (exact) mass is 264 g/mol. The van der Waals surface area contributed by atoms with Gasteiger partial charge in [0.2, 0.25) is 11.8 Å². The lowest BCUT2D eigenvalue weighted by atomic mass is 9.93. The van der Waals surface area contributed by atoms with Gasteiger partial charge >= 0.3 is 0 Å². The van der Waals surface area contributed by atoms with Gasteiger partial charge in [-0.25, -0.2) is 0 Å². The van der Waals surface area contributed by atoms with E-state index in [0.717, 1.165) is 31.2 Å². The molecule has 0 atom stereocenters. The summed E-state index contributed by atoms with van der Waals surface area (Å²) in [6, 6.07) is 2.01. The van der Waals surface area contributed by atoms with Crippen LogP contribution in [-0.4, -0.2) is 28.8 Å². The largest absolute Gasteiger partial charge is 0.340 e. The van der Waals surface area contributed by atoms with Gasteiger partial charge in [-0.15, -0.1) is 0 Å². The molecule has 1 aliphatic heterocycles. The highest BCUT2D eigenvalue weighted by molar-refractivity contribution is 7.07. The number of thiophene rings is 1. The molecule has 1 aromatic rings. The Morgan fingerprint density at radius 2 is 2.11 bits per heavy atom. The van der Waals surface area contributed by atoms with E-state index >= 15 is 0 Å². The molecule has 2 fully saturated rings. The van der Waals surface area contributed by atoms with E-state index in [1.165, 1.54) is 0 Å². The molecule has 0 aromatic carbocycles. The van der Waals surface area contributed by atoms with Gasteiger partial charge < -0.3 is 10.2 Å². The molecular weight excluding hydrogens is 248 g/mol. The van der Waals surface area contributed by atoms with Crippen LogP contribution in [0.1, 0.15) is 31.2 Å². The summed E-state index contributed by atoms with van der Waals surface area (Å²) in [6.07, 6.45) is 3.63. The van der Waals surface area contributed by atoms with Crippen molar-refractivity contribution >= 4 is 23.2 Å². The summed E-state index contributed by atoms with van der Waals surface area (Å²) in [5.74, 6) is 0.0810. The molecule has 1 saturated heterocycles. The number of hydrogen-bond donors (Lipinski definition) is 1. The third-order valence-electron chi connectivity index (χ3n) is 3.82. The molecule has 5 heteroatoms. The van der Waals surface area contributed by atoms with E-state index in [0.29, 0.717) is 6.54 Å². The Hall–Kier alpha value is -1.36. The van der Waals surface area contributed by atoms with Crippen LogP contribution in [0.15, 0.2) is 16.8 Å². The van der Waals surface area contributed by atoms with Crippen molar-refractivity contribution in [1.29, 1.82) is 0 Å². The van der Waals surface area contributed by atoms with E-state index in [9.17, 15) is 9.59 Å². The van der Waals surface area contributed by atoms with Gasteiger partial charge in [0.05, 0.1) is 6.54 Å². The van der Waals surface area contributed by atoms with Gasteiger partial charge in [0.1, 0.15) is 5.54 Å². The van der Waals surface area contributed by atoms with Crippen LogP contribution in [-0.2, 0) is 16.1 Å². The second kappa shape index (κ2) is 4.39. The number of amides is 2. The maximum atomic E-state index is 12.5. The first kappa shape index (κ1) is 11.7. The normalized spacial score (nSPS) is 22.6. The molecule has 1 aromatic heterocycles. The highest BCUT2D eigenvalue weighted by atomic mass is 32.1. The van der Waals surface area contributed by atoms with Crippen LogP contribution >= 0.6 is 11.3 Å². The molecule has 1 aliphatic carbocycles. The van der Waals surface area contributed by atoms with Gasteiger partial charge in [-0.05, 0) is 35.2 Å². The lowest BCUT2D eigenvalue weighted by Gasteiger charge is -2.39. The van der Waals surface area contributed by atoms with E-state index in [4.69, 9.17) is 0 Å². The third-order valence-corrected chi connectivity index (χ3v) is 4.55. The number of carbonyl (C=O) groups is 2. The summed E-state index contributed by atoms with van der Waals surface area (Å²) < 4.78 is 0. The topological polar surface area (TPSA) is 49.4 Å². The molecule has 1 saturated carbocycles. The average molecular weight is 264 g/mol. The molecule has 1 N–H and O–H groups in total. The van der Waals surface area contributed by atoms with E-state index in [1.807, 2.05) is 16.8 Å². The lowest BCUT2D eigenvalue weighted by Crippen LogP contribution is -2.65. The molecule has 18 heavy (non-hydrogen) atoms. The van der Waals surface area contributed by atoms with Crippen LogP contribution in [0.5, 0.6) is 0 Å². The lowest BCUT2D eigenvalue weighted by molar-refractivity contribution is -0.150. The maximum Gasteiger partial charge on any atom is 0.249 e. The van der Waals surface area contributed by atoms with Crippen molar-refractivity contribution in [2.45, 2.75) is 37.8 Å². The molecule has 0 bridgehead atoms. The summed E-state index contributed by atoms with van der Waals surface area (Å²) in [7, 11) is 0. The van der Waals surface area contributed by atoms with Crippen molar-refractivity contribution in [3.63, 3.8) is 0 Å². The fourth-order valence-electron chi connectivity index (χ4n) is 2.96. The molecule has 4 nitrogen and oxygen atoms in total. The Labute approximate surface area is 110 Å². The summed E-state index contributed by atoms with van der Waals surface area (Å²) in [5.41, 5.74) is 0.516. The maximum absolute atomic E-state index is 12.5. The van der Waals surface area contributed by atoms with Crippen LogP contribution in [0.2, 0.25) is 0 Å². The fourth-order valence-corrected chi connectivity index (χ4v) is 3.62.